The predicted molar refractivity (Wildman–Crippen MR) is 129 cm³/mol. The summed E-state index contributed by atoms with van der Waals surface area (Å²) in [5.74, 6) is 2.06. The molecule has 0 spiro atoms. The van der Waals surface area contributed by atoms with E-state index in [1.165, 1.54) is 5.56 Å². The fourth-order valence-corrected chi connectivity index (χ4v) is 3.29. The first kappa shape index (κ1) is 24.1. The Morgan fingerprint density at radius 2 is 2.13 bits per heavy atom. The zero-order chi connectivity index (χ0) is 21.0. The van der Waals surface area contributed by atoms with Gasteiger partial charge in [0.15, 0.2) is 5.96 Å². The molecule has 0 radical (unpaired) electrons. The van der Waals surface area contributed by atoms with Crippen molar-refractivity contribution in [1.29, 1.82) is 0 Å². The standard InChI is InChI=1S/C20H26ClN7O.HI/c1-13(2)18-15(12-28(5)25-18)11-27(4)20(22-3)23-10-17-24-19(26-29-17)14-7-6-8-16(21)9-14;/h6-9,12-13H,10-11H2,1-5H3,(H,22,23);1H. The summed E-state index contributed by atoms with van der Waals surface area (Å²) < 4.78 is 7.20. The molecule has 0 aliphatic heterocycles. The van der Waals surface area contributed by atoms with E-state index in [-0.39, 0.29) is 24.0 Å². The van der Waals surface area contributed by atoms with Crippen molar-refractivity contribution in [3.05, 3.63) is 52.6 Å². The first-order chi connectivity index (χ1) is 13.9. The molecule has 0 saturated carbocycles. The fourth-order valence-electron chi connectivity index (χ4n) is 3.10. The minimum Gasteiger partial charge on any atom is -0.347 e. The van der Waals surface area contributed by atoms with Crippen LogP contribution in [0.2, 0.25) is 5.02 Å². The molecule has 0 bridgehead atoms. The van der Waals surface area contributed by atoms with Crippen LogP contribution in [-0.2, 0) is 20.1 Å². The van der Waals surface area contributed by atoms with E-state index in [1.54, 1.807) is 19.2 Å². The maximum atomic E-state index is 6.03. The lowest BCUT2D eigenvalue weighted by Crippen LogP contribution is -2.38. The van der Waals surface area contributed by atoms with Gasteiger partial charge in [0, 0.05) is 50.0 Å². The quantitative estimate of drug-likeness (QED) is 0.287. The van der Waals surface area contributed by atoms with Gasteiger partial charge < -0.3 is 14.7 Å². The SMILES string of the molecule is CN=C(NCc1nc(-c2cccc(Cl)c2)no1)N(C)Cc1cn(C)nc1C(C)C.I. The molecule has 0 atom stereocenters. The van der Waals surface area contributed by atoms with Crippen molar-refractivity contribution in [3.8, 4) is 11.4 Å². The average molecular weight is 544 g/mol. The van der Waals surface area contributed by atoms with Crippen molar-refractivity contribution in [1.82, 2.24) is 30.1 Å². The second-order valence-corrected chi connectivity index (χ2v) is 7.58. The molecule has 2 heterocycles. The monoisotopic (exact) mass is 543 g/mol. The third-order valence-electron chi connectivity index (χ3n) is 4.41. The van der Waals surface area contributed by atoms with Gasteiger partial charge in [-0.3, -0.25) is 9.67 Å². The number of hydrogen-bond acceptors (Lipinski definition) is 5. The summed E-state index contributed by atoms with van der Waals surface area (Å²) in [6.07, 6.45) is 2.05. The molecule has 0 unspecified atom stereocenters. The molecular weight excluding hydrogens is 517 g/mol. The number of guanidine groups is 1. The van der Waals surface area contributed by atoms with Crippen LogP contribution in [0.15, 0.2) is 40.0 Å². The van der Waals surface area contributed by atoms with Gasteiger partial charge in [-0.25, -0.2) is 0 Å². The van der Waals surface area contributed by atoms with Gasteiger partial charge in [-0.05, 0) is 18.1 Å². The van der Waals surface area contributed by atoms with E-state index in [4.69, 9.17) is 16.1 Å². The summed E-state index contributed by atoms with van der Waals surface area (Å²) >= 11 is 6.03. The van der Waals surface area contributed by atoms with E-state index in [0.717, 1.165) is 17.2 Å². The number of hydrogen-bond donors (Lipinski definition) is 1. The second kappa shape index (κ2) is 10.8. The van der Waals surface area contributed by atoms with E-state index >= 15 is 0 Å². The van der Waals surface area contributed by atoms with E-state index in [0.29, 0.717) is 35.7 Å². The number of aromatic nitrogens is 4. The number of nitrogens with zero attached hydrogens (tertiary/aromatic N) is 6. The summed E-state index contributed by atoms with van der Waals surface area (Å²) in [6, 6.07) is 7.35. The second-order valence-electron chi connectivity index (χ2n) is 7.15. The Balaban J connectivity index is 0.00000320. The highest BCUT2D eigenvalue weighted by Crippen LogP contribution is 2.20. The van der Waals surface area contributed by atoms with Crippen molar-refractivity contribution < 1.29 is 4.52 Å². The predicted octanol–water partition coefficient (Wildman–Crippen LogP) is 4.07. The average Bonchev–Trinajstić information content (AvgIpc) is 3.29. The van der Waals surface area contributed by atoms with Crippen LogP contribution in [0.1, 0.15) is 36.9 Å². The van der Waals surface area contributed by atoms with Crippen LogP contribution in [0.25, 0.3) is 11.4 Å². The van der Waals surface area contributed by atoms with Gasteiger partial charge in [0.25, 0.3) is 0 Å². The van der Waals surface area contributed by atoms with Gasteiger partial charge in [0.1, 0.15) is 0 Å². The summed E-state index contributed by atoms with van der Waals surface area (Å²) in [5, 5.41) is 12.5. The van der Waals surface area contributed by atoms with Crippen LogP contribution in [0, 0.1) is 0 Å². The third-order valence-corrected chi connectivity index (χ3v) is 4.65. The molecule has 162 valence electrons. The maximum Gasteiger partial charge on any atom is 0.246 e. The lowest BCUT2D eigenvalue weighted by Gasteiger charge is -2.21. The minimum atomic E-state index is 0. The van der Waals surface area contributed by atoms with Gasteiger partial charge in [-0.15, -0.1) is 24.0 Å². The Morgan fingerprint density at radius 1 is 1.37 bits per heavy atom. The fraction of sp³-hybridized carbons (Fsp3) is 0.400. The topological polar surface area (TPSA) is 84.4 Å². The van der Waals surface area contributed by atoms with Gasteiger partial charge in [0.2, 0.25) is 11.7 Å². The number of aliphatic imine (C=N–C) groups is 1. The van der Waals surface area contributed by atoms with E-state index in [9.17, 15) is 0 Å². The molecular formula is C20H27ClIN7O. The van der Waals surface area contributed by atoms with Crippen molar-refractivity contribution in [2.45, 2.75) is 32.9 Å². The normalized spacial score (nSPS) is 11.5. The molecule has 0 fully saturated rings. The van der Waals surface area contributed by atoms with Crippen molar-refractivity contribution in [2.24, 2.45) is 12.0 Å². The van der Waals surface area contributed by atoms with Gasteiger partial charge in [0.05, 0.1) is 12.2 Å². The smallest absolute Gasteiger partial charge is 0.246 e. The highest BCUT2D eigenvalue weighted by Gasteiger charge is 2.16. The Morgan fingerprint density at radius 3 is 2.80 bits per heavy atom. The first-order valence-corrected chi connectivity index (χ1v) is 9.78. The van der Waals surface area contributed by atoms with E-state index in [1.807, 2.05) is 42.0 Å². The minimum absolute atomic E-state index is 0. The first-order valence-electron chi connectivity index (χ1n) is 9.40. The summed E-state index contributed by atoms with van der Waals surface area (Å²) in [4.78, 5) is 10.8. The molecule has 10 heteroatoms. The van der Waals surface area contributed by atoms with Crippen LogP contribution in [-0.4, -0.2) is 44.9 Å². The van der Waals surface area contributed by atoms with E-state index in [2.05, 4.69) is 39.4 Å². The van der Waals surface area contributed by atoms with Gasteiger partial charge >= 0.3 is 0 Å². The molecule has 30 heavy (non-hydrogen) atoms. The van der Waals surface area contributed by atoms with Crippen LogP contribution in [0.5, 0.6) is 0 Å². The molecule has 1 aromatic carbocycles. The van der Waals surface area contributed by atoms with Crippen LogP contribution >= 0.6 is 35.6 Å². The third kappa shape index (κ3) is 5.94. The Labute approximate surface area is 198 Å². The highest BCUT2D eigenvalue weighted by molar-refractivity contribution is 14.0. The summed E-state index contributed by atoms with van der Waals surface area (Å²) in [6.45, 7) is 5.35. The molecule has 0 saturated heterocycles. The highest BCUT2D eigenvalue weighted by atomic mass is 127. The number of aryl methyl sites for hydroxylation is 1. The molecule has 0 amide bonds. The molecule has 0 aliphatic rings. The number of nitrogens with one attached hydrogen (secondary N) is 1. The van der Waals surface area contributed by atoms with Crippen molar-refractivity contribution in [2.75, 3.05) is 14.1 Å². The largest absolute Gasteiger partial charge is 0.347 e. The molecule has 0 aliphatic carbocycles. The zero-order valence-corrected chi connectivity index (χ0v) is 20.8. The van der Waals surface area contributed by atoms with Crippen LogP contribution in [0.3, 0.4) is 0 Å². The van der Waals surface area contributed by atoms with Gasteiger partial charge in [-0.1, -0.05) is 42.7 Å². The maximum absolute atomic E-state index is 6.03. The number of benzene rings is 1. The summed E-state index contributed by atoms with van der Waals surface area (Å²) in [5.41, 5.74) is 3.08. The van der Waals surface area contributed by atoms with Crippen molar-refractivity contribution in [3.63, 3.8) is 0 Å². The lowest BCUT2D eigenvalue weighted by molar-refractivity contribution is 0.371. The Kier molecular flexibility index (Phi) is 8.65. The van der Waals surface area contributed by atoms with Crippen LogP contribution in [0.4, 0.5) is 0 Å². The molecule has 2 aromatic heterocycles. The Hall–Kier alpha value is -2.14. The zero-order valence-electron chi connectivity index (χ0n) is 17.8. The molecule has 8 nitrogen and oxygen atoms in total. The summed E-state index contributed by atoms with van der Waals surface area (Å²) in [7, 11) is 5.67. The van der Waals surface area contributed by atoms with Crippen LogP contribution < -0.4 is 5.32 Å². The number of rotatable bonds is 6. The van der Waals surface area contributed by atoms with Gasteiger partial charge in [-0.2, -0.15) is 10.1 Å². The number of halogens is 2. The molecule has 3 aromatic rings. The molecule has 3 rings (SSSR count). The lowest BCUT2D eigenvalue weighted by atomic mass is 10.1. The van der Waals surface area contributed by atoms with E-state index < -0.39 is 0 Å². The van der Waals surface area contributed by atoms with Crippen molar-refractivity contribution >= 4 is 41.5 Å². The Bertz CT molecular complexity index is 999. The molecule has 1 N–H and O–H groups in total.